The van der Waals surface area contributed by atoms with Crippen LogP contribution < -0.4 is 11.1 Å². The summed E-state index contributed by atoms with van der Waals surface area (Å²) in [5.74, 6) is 1.14. The molecule has 0 unspecified atom stereocenters. The number of hydrogen-bond acceptors (Lipinski definition) is 5. The zero-order valence-electron chi connectivity index (χ0n) is 8.37. The van der Waals surface area contributed by atoms with Crippen LogP contribution in [0, 0.1) is 11.3 Å². The molecule has 0 bridgehead atoms. The van der Waals surface area contributed by atoms with E-state index in [2.05, 4.69) is 0 Å². The smallest absolute Gasteiger partial charge is 0.414 e. The molecule has 0 spiro atoms. The van der Waals surface area contributed by atoms with Gasteiger partial charge in [-0.05, 0) is 24.3 Å². The minimum absolute atomic E-state index is 0.00115. The van der Waals surface area contributed by atoms with Gasteiger partial charge < -0.3 is 10.2 Å². The second kappa shape index (κ2) is 6.76. The van der Waals surface area contributed by atoms with Gasteiger partial charge in [0.25, 0.3) is 0 Å². The van der Waals surface area contributed by atoms with Crippen molar-refractivity contribution in [1.82, 2.24) is 0 Å². The molecule has 0 amide bonds. The standard InChI is InChI=1S/C7H6FN3.C2H2O4/c8-11(10)7-3-1-6(5-9)2-4-7;3-1(4)2(5)6/h1-4H,10H2;(H,3,4)(H,5,6). The van der Waals surface area contributed by atoms with Gasteiger partial charge in [0.2, 0.25) is 0 Å². The van der Waals surface area contributed by atoms with Crippen molar-refractivity contribution in [1.29, 1.82) is 5.26 Å². The lowest BCUT2D eigenvalue weighted by atomic mass is 10.2. The number of rotatable bonds is 1. The maximum absolute atomic E-state index is 12.2. The molecule has 1 aromatic carbocycles. The van der Waals surface area contributed by atoms with E-state index >= 15 is 0 Å². The van der Waals surface area contributed by atoms with E-state index in [1.165, 1.54) is 24.3 Å². The molecule has 0 heterocycles. The molecule has 7 nitrogen and oxygen atoms in total. The summed E-state index contributed by atoms with van der Waals surface area (Å²) in [5.41, 5.74) is 0.708. The first kappa shape index (κ1) is 14.3. The van der Waals surface area contributed by atoms with Crippen molar-refractivity contribution in [2.24, 2.45) is 5.84 Å². The second-order valence-corrected chi connectivity index (χ2v) is 2.58. The van der Waals surface area contributed by atoms with Crippen LogP contribution in [-0.4, -0.2) is 22.2 Å². The van der Waals surface area contributed by atoms with Crippen LogP contribution in [0.2, 0.25) is 0 Å². The lowest BCUT2D eigenvalue weighted by molar-refractivity contribution is -0.159. The maximum Gasteiger partial charge on any atom is 0.414 e. The van der Waals surface area contributed by atoms with Crippen molar-refractivity contribution in [3.05, 3.63) is 29.8 Å². The predicted molar refractivity (Wildman–Crippen MR) is 54.2 cm³/mol. The van der Waals surface area contributed by atoms with Gasteiger partial charge in [0.05, 0.1) is 17.3 Å². The Morgan fingerprint density at radius 2 is 1.65 bits per heavy atom. The summed E-state index contributed by atoms with van der Waals surface area (Å²) < 4.78 is 12.2. The molecule has 0 aromatic heterocycles. The lowest BCUT2D eigenvalue weighted by Crippen LogP contribution is -2.19. The monoisotopic (exact) mass is 241 g/mol. The third-order valence-corrected chi connectivity index (χ3v) is 1.43. The van der Waals surface area contributed by atoms with E-state index in [1.54, 1.807) is 0 Å². The van der Waals surface area contributed by atoms with E-state index < -0.39 is 11.9 Å². The van der Waals surface area contributed by atoms with Crippen LogP contribution in [0.5, 0.6) is 0 Å². The summed E-state index contributed by atoms with van der Waals surface area (Å²) in [4.78, 5) is 18.2. The summed E-state index contributed by atoms with van der Waals surface area (Å²) >= 11 is 0. The van der Waals surface area contributed by atoms with E-state index in [-0.39, 0.29) is 10.9 Å². The normalized spacial score (nSPS) is 8.29. The molecular weight excluding hydrogens is 233 g/mol. The van der Waals surface area contributed by atoms with Crippen molar-refractivity contribution >= 4 is 17.6 Å². The number of aliphatic carboxylic acids is 2. The van der Waals surface area contributed by atoms with Crippen molar-refractivity contribution in [3.63, 3.8) is 0 Å². The van der Waals surface area contributed by atoms with Gasteiger partial charge in [-0.2, -0.15) is 5.26 Å². The van der Waals surface area contributed by atoms with Crippen molar-refractivity contribution in [2.75, 3.05) is 5.23 Å². The molecule has 0 atom stereocenters. The van der Waals surface area contributed by atoms with Gasteiger partial charge in [-0.3, -0.25) is 0 Å². The molecule has 0 fully saturated rings. The fourth-order valence-electron chi connectivity index (χ4n) is 0.678. The van der Waals surface area contributed by atoms with Crippen molar-refractivity contribution in [2.45, 2.75) is 0 Å². The third-order valence-electron chi connectivity index (χ3n) is 1.43. The Balaban J connectivity index is 0.000000366. The lowest BCUT2D eigenvalue weighted by Gasteiger charge is -2.04. The number of anilines is 1. The van der Waals surface area contributed by atoms with Gasteiger partial charge in [-0.15, -0.1) is 5.23 Å². The minimum atomic E-state index is -1.82. The zero-order chi connectivity index (χ0) is 13.4. The highest BCUT2D eigenvalue weighted by atomic mass is 19.2. The van der Waals surface area contributed by atoms with Crippen molar-refractivity contribution < 1.29 is 24.3 Å². The first-order valence-corrected chi connectivity index (χ1v) is 4.05. The molecule has 0 aliphatic carbocycles. The molecule has 4 N–H and O–H groups in total. The van der Waals surface area contributed by atoms with E-state index in [9.17, 15) is 4.48 Å². The molecule has 17 heavy (non-hydrogen) atoms. The number of carbonyl (C=O) groups is 2. The molecule has 8 heteroatoms. The predicted octanol–water partition coefficient (Wildman–Crippen LogP) is 0.278. The Hall–Kier alpha value is -2.66. The number of nitrogens with two attached hydrogens (primary N) is 1. The fraction of sp³-hybridized carbons (Fsp3) is 0. The van der Waals surface area contributed by atoms with Gasteiger partial charge in [0.15, 0.2) is 0 Å². The zero-order valence-corrected chi connectivity index (χ0v) is 8.37. The second-order valence-electron chi connectivity index (χ2n) is 2.58. The summed E-state index contributed by atoms with van der Waals surface area (Å²) in [6.45, 7) is 0. The third kappa shape index (κ3) is 5.71. The number of benzene rings is 1. The van der Waals surface area contributed by atoms with Gasteiger partial charge >= 0.3 is 11.9 Å². The first-order valence-electron chi connectivity index (χ1n) is 4.05. The molecule has 0 aliphatic rings. The van der Waals surface area contributed by atoms with Gasteiger partial charge in [0.1, 0.15) is 0 Å². The van der Waals surface area contributed by atoms with Crippen LogP contribution in [0.3, 0.4) is 0 Å². The molecular formula is C9H8FN3O4. The molecule has 1 rings (SSSR count). The average molecular weight is 241 g/mol. The molecule has 0 saturated carbocycles. The number of nitriles is 1. The number of hydrazine groups is 1. The molecule has 1 aromatic rings. The Morgan fingerprint density at radius 1 is 1.24 bits per heavy atom. The van der Waals surface area contributed by atoms with Gasteiger partial charge in [-0.1, -0.05) is 4.48 Å². The van der Waals surface area contributed by atoms with E-state index in [0.717, 1.165) is 0 Å². The van der Waals surface area contributed by atoms with Gasteiger partial charge in [-0.25, -0.2) is 15.4 Å². The number of halogens is 1. The largest absolute Gasteiger partial charge is 0.473 e. The summed E-state index contributed by atoms with van der Waals surface area (Å²) in [6.07, 6.45) is 0. The Labute approximate surface area is 95.0 Å². The van der Waals surface area contributed by atoms with E-state index in [1.807, 2.05) is 6.07 Å². The average Bonchev–Trinajstić information content (AvgIpc) is 2.29. The Morgan fingerprint density at radius 3 is 1.88 bits per heavy atom. The summed E-state index contributed by atoms with van der Waals surface area (Å²) in [6, 6.07) is 7.76. The number of nitrogens with zero attached hydrogens (tertiary/aromatic N) is 2. The number of carboxylic acids is 2. The van der Waals surface area contributed by atoms with Crippen LogP contribution >= 0.6 is 0 Å². The maximum atomic E-state index is 12.2. The molecule has 0 radical (unpaired) electrons. The highest BCUT2D eigenvalue weighted by molar-refractivity contribution is 6.27. The van der Waals surface area contributed by atoms with Crippen LogP contribution in [-0.2, 0) is 9.59 Å². The van der Waals surface area contributed by atoms with E-state index in [0.29, 0.717) is 5.56 Å². The highest BCUT2D eigenvalue weighted by Gasteiger charge is 2.04. The fourth-order valence-corrected chi connectivity index (χ4v) is 0.678. The van der Waals surface area contributed by atoms with Crippen LogP contribution in [0.25, 0.3) is 0 Å². The summed E-state index contributed by atoms with van der Waals surface area (Å²) in [5, 5.41) is 23.2. The topological polar surface area (TPSA) is 128 Å². The first-order chi connectivity index (χ1) is 7.88. The van der Waals surface area contributed by atoms with E-state index in [4.69, 9.17) is 30.9 Å². The Kier molecular flexibility index (Phi) is 5.70. The Bertz CT molecular complexity index is 427. The molecule has 90 valence electrons. The number of carboxylic acid groups (broad SMARTS) is 2. The highest BCUT2D eigenvalue weighted by Crippen LogP contribution is 2.11. The summed E-state index contributed by atoms with van der Waals surface area (Å²) in [7, 11) is 0. The SMILES string of the molecule is N#Cc1ccc(N(N)F)cc1.O=C(O)C(=O)O. The van der Waals surface area contributed by atoms with Crippen LogP contribution in [0.4, 0.5) is 10.2 Å². The molecule has 0 saturated heterocycles. The molecule has 0 aliphatic heterocycles. The number of hydrogen-bond donors (Lipinski definition) is 3. The minimum Gasteiger partial charge on any atom is -0.473 e. The quantitative estimate of drug-likeness (QED) is 0.279. The van der Waals surface area contributed by atoms with Crippen LogP contribution in [0.1, 0.15) is 5.56 Å². The van der Waals surface area contributed by atoms with Crippen LogP contribution in [0.15, 0.2) is 24.3 Å². The van der Waals surface area contributed by atoms with Gasteiger partial charge in [0, 0.05) is 0 Å². The van der Waals surface area contributed by atoms with Crippen molar-refractivity contribution in [3.8, 4) is 6.07 Å².